The molecule has 3 aliphatic heterocycles. The zero-order valence-electron chi connectivity index (χ0n) is 11.5. The van der Waals surface area contributed by atoms with Gasteiger partial charge in [0.1, 0.15) is 0 Å². The van der Waals surface area contributed by atoms with Crippen molar-refractivity contribution in [3.05, 3.63) is 0 Å². The van der Waals surface area contributed by atoms with E-state index >= 15 is 0 Å². The summed E-state index contributed by atoms with van der Waals surface area (Å²) in [7, 11) is 0. The molecule has 0 bridgehead atoms. The molecule has 0 amide bonds. The number of rotatable bonds is 4. The number of hydrogen-bond donors (Lipinski definition) is 5. The zero-order chi connectivity index (χ0) is 13.2. The molecule has 3 heterocycles. The monoisotopic (exact) mass is 269 g/mol. The van der Waals surface area contributed by atoms with Gasteiger partial charge < -0.3 is 26.2 Å². The minimum Gasteiger partial charge on any atom is -0.395 e. The molecule has 0 saturated carbocycles. The standard InChI is InChI=1S/C14H27N3O2/c18-7-9-1-3-11(15-9)13-5-6-14(17-13)12-4-2-10(8-19)16-12/h9-19H,1-8H2/t9-,10-,11-,12-,13-,14-/m0/s1. The highest BCUT2D eigenvalue weighted by Crippen LogP contribution is 2.27. The van der Waals surface area contributed by atoms with Crippen LogP contribution in [0.5, 0.6) is 0 Å². The first-order valence-electron chi connectivity index (χ1n) is 7.80. The van der Waals surface area contributed by atoms with Gasteiger partial charge >= 0.3 is 0 Å². The van der Waals surface area contributed by atoms with E-state index in [0.717, 1.165) is 12.8 Å². The Morgan fingerprint density at radius 1 is 0.579 bits per heavy atom. The molecule has 5 nitrogen and oxygen atoms in total. The quantitative estimate of drug-likeness (QED) is 0.468. The molecular weight excluding hydrogens is 242 g/mol. The molecule has 5 heteroatoms. The third-order valence-corrected chi connectivity index (χ3v) is 5.18. The van der Waals surface area contributed by atoms with Crippen molar-refractivity contribution in [2.45, 2.75) is 74.8 Å². The van der Waals surface area contributed by atoms with E-state index in [4.69, 9.17) is 0 Å². The lowest BCUT2D eigenvalue weighted by molar-refractivity contribution is 0.245. The summed E-state index contributed by atoms with van der Waals surface area (Å²) in [5, 5.41) is 29.2. The molecule has 0 unspecified atom stereocenters. The number of aliphatic hydroxyl groups excluding tert-OH is 2. The van der Waals surface area contributed by atoms with Gasteiger partial charge in [0, 0.05) is 36.3 Å². The number of nitrogens with one attached hydrogen (secondary N) is 3. The molecular formula is C14H27N3O2. The molecule has 3 saturated heterocycles. The van der Waals surface area contributed by atoms with Gasteiger partial charge in [-0.1, -0.05) is 0 Å². The first-order valence-corrected chi connectivity index (χ1v) is 7.80. The topological polar surface area (TPSA) is 76.5 Å². The van der Waals surface area contributed by atoms with E-state index in [2.05, 4.69) is 16.0 Å². The van der Waals surface area contributed by atoms with Crippen LogP contribution in [0, 0.1) is 0 Å². The van der Waals surface area contributed by atoms with Crippen LogP contribution < -0.4 is 16.0 Å². The molecule has 0 aromatic rings. The fraction of sp³-hybridized carbons (Fsp3) is 1.00. The maximum atomic E-state index is 9.19. The summed E-state index contributed by atoms with van der Waals surface area (Å²) in [4.78, 5) is 0. The molecule has 0 aromatic heterocycles. The average molecular weight is 269 g/mol. The second kappa shape index (κ2) is 6.06. The minimum absolute atomic E-state index is 0.259. The lowest BCUT2D eigenvalue weighted by Crippen LogP contribution is -2.50. The van der Waals surface area contributed by atoms with Crippen LogP contribution in [-0.4, -0.2) is 59.7 Å². The SMILES string of the molecule is OC[C@@H]1CC[C@@H]([C@@H]2CC[C@@H]([C@@H]3CC[C@@H](CO)N3)N2)N1. The summed E-state index contributed by atoms with van der Waals surface area (Å²) in [6.07, 6.45) is 6.99. The Labute approximate surface area is 115 Å². The van der Waals surface area contributed by atoms with Crippen molar-refractivity contribution in [3.63, 3.8) is 0 Å². The molecule has 110 valence electrons. The van der Waals surface area contributed by atoms with E-state index in [1.165, 1.54) is 25.7 Å². The third-order valence-electron chi connectivity index (χ3n) is 5.18. The van der Waals surface area contributed by atoms with Gasteiger partial charge in [-0.15, -0.1) is 0 Å². The maximum Gasteiger partial charge on any atom is 0.0584 e. The molecule has 6 atom stereocenters. The van der Waals surface area contributed by atoms with Crippen LogP contribution in [0.2, 0.25) is 0 Å². The molecule has 0 aromatic carbocycles. The van der Waals surface area contributed by atoms with E-state index in [-0.39, 0.29) is 13.2 Å². The second-order valence-electron chi connectivity index (χ2n) is 6.42. The Morgan fingerprint density at radius 2 is 0.947 bits per heavy atom. The lowest BCUT2D eigenvalue weighted by atomic mass is 10.0. The Balaban J connectivity index is 1.48. The molecule has 19 heavy (non-hydrogen) atoms. The molecule has 3 rings (SSSR count). The largest absolute Gasteiger partial charge is 0.395 e. The van der Waals surface area contributed by atoms with Gasteiger partial charge in [-0.25, -0.2) is 0 Å². The molecule has 0 radical (unpaired) electrons. The Morgan fingerprint density at radius 3 is 1.32 bits per heavy atom. The van der Waals surface area contributed by atoms with Crippen molar-refractivity contribution in [3.8, 4) is 0 Å². The van der Waals surface area contributed by atoms with Crippen LogP contribution in [0.4, 0.5) is 0 Å². The van der Waals surface area contributed by atoms with Crippen LogP contribution in [0.1, 0.15) is 38.5 Å². The molecule has 0 aliphatic carbocycles. The number of hydrogen-bond acceptors (Lipinski definition) is 5. The number of aliphatic hydroxyl groups is 2. The van der Waals surface area contributed by atoms with E-state index in [1.54, 1.807) is 0 Å². The highest BCUT2D eigenvalue weighted by Gasteiger charge is 2.38. The first kappa shape index (κ1) is 13.8. The van der Waals surface area contributed by atoms with Crippen molar-refractivity contribution in [2.75, 3.05) is 13.2 Å². The lowest BCUT2D eigenvalue weighted by Gasteiger charge is -2.25. The summed E-state index contributed by atoms with van der Waals surface area (Å²) in [6, 6.07) is 2.76. The van der Waals surface area contributed by atoms with Crippen molar-refractivity contribution in [1.82, 2.24) is 16.0 Å². The van der Waals surface area contributed by atoms with E-state index in [0.29, 0.717) is 36.3 Å². The smallest absolute Gasteiger partial charge is 0.0584 e. The van der Waals surface area contributed by atoms with Crippen molar-refractivity contribution < 1.29 is 10.2 Å². The fourth-order valence-corrected chi connectivity index (χ4v) is 4.06. The van der Waals surface area contributed by atoms with Gasteiger partial charge in [0.15, 0.2) is 0 Å². The Bertz CT molecular complexity index is 274. The van der Waals surface area contributed by atoms with Crippen LogP contribution in [0.3, 0.4) is 0 Å². The Kier molecular flexibility index (Phi) is 4.39. The van der Waals surface area contributed by atoms with Crippen LogP contribution in [0.25, 0.3) is 0 Å². The summed E-state index contributed by atoms with van der Waals surface area (Å²) < 4.78 is 0. The van der Waals surface area contributed by atoms with Gasteiger partial charge in [0.05, 0.1) is 13.2 Å². The summed E-state index contributed by atoms with van der Waals surface area (Å²) in [5.41, 5.74) is 0. The average Bonchev–Trinajstić information content (AvgIpc) is 3.16. The molecule has 0 spiro atoms. The van der Waals surface area contributed by atoms with Gasteiger partial charge in [0.2, 0.25) is 0 Å². The highest BCUT2D eigenvalue weighted by atomic mass is 16.3. The minimum atomic E-state index is 0.259. The second-order valence-corrected chi connectivity index (χ2v) is 6.42. The van der Waals surface area contributed by atoms with Crippen LogP contribution in [-0.2, 0) is 0 Å². The van der Waals surface area contributed by atoms with Gasteiger partial charge in [0.25, 0.3) is 0 Å². The maximum absolute atomic E-state index is 9.19. The third kappa shape index (κ3) is 2.95. The van der Waals surface area contributed by atoms with E-state index in [1.807, 2.05) is 0 Å². The van der Waals surface area contributed by atoms with Gasteiger partial charge in [-0.2, -0.15) is 0 Å². The normalized spacial score (nSPS) is 47.1. The van der Waals surface area contributed by atoms with Crippen LogP contribution >= 0.6 is 0 Å². The van der Waals surface area contributed by atoms with E-state index in [9.17, 15) is 10.2 Å². The highest BCUT2D eigenvalue weighted by molar-refractivity contribution is 5.01. The first-order chi connectivity index (χ1) is 9.30. The summed E-state index contributed by atoms with van der Waals surface area (Å²) >= 11 is 0. The summed E-state index contributed by atoms with van der Waals surface area (Å²) in [5.74, 6) is 0. The van der Waals surface area contributed by atoms with Crippen molar-refractivity contribution in [1.29, 1.82) is 0 Å². The molecule has 3 fully saturated rings. The fourth-order valence-electron chi connectivity index (χ4n) is 4.06. The van der Waals surface area contributed by atoms with Crippen molar-refractivity contribution in [2.24, 2.45) is 0 Å². The van der Waals surface area contributed by atoms with Crippen LogP contribution in [0.15, 0.2) is 0 Å². The Hall–Kier alpha value is -0.200. The predicted molar refractivity (Wildman–Crippen MR) is 74.0 cm³/mol. The van der Waals surface area contributed by atoms with E-state index < -0.39 is 0 Å². The summed E-state index contributed by atoms with van der Waals surface area (Å²) in [6.45, 7) is 0.518. The zero-order valence-corrected chi connectivity index (χ0v) is 11.5. The molecule has 5 N–H and O–H groups in total. The molecule has 3 aliphatic rings. The van der Waals surface area contributed by atoms with Gasteiger partial charge in [-0.3, -0.25) is 0 Å². The van der Waals surface area contributed by atoms with Crippen molar-refractivity contribution >= 4 is 0 Å². The van der Waals surface area contributed by atoms with Gasteiger partial charge in [-0.05, 0) is 38.5 Å². The predicted octanol–water partition coefficient (Wildman–Crippen LogP) is -0.667.